The molecule has 1 aliphatic rings. The largest absolute Gasteiger partial charge is 0.494 e. The molecule has 0 spiro atoms. The molecule has 0 saturated heterocycles. The van der Waals surface area contributed by atoms with E-state index >= 15 is 0 Å². The molecule has 4 rings (SSSR count). The lowest BCUT2D eigenvalue weighted by molar-refractivity contribution is -0.128. The van der Waals surface area contributed by atoms with Crippen molar-refractivity contribution in [3.8, 4) is 5.75 Å². The van der Waals surface area contributed by atoms with E-state index in [1.54, 1.807) is 37.4 Å². The normalized spacial score (nSPS) is 18.9. The summed E-state index contributed by atoms with van der Waals surface area (Å²) in [6.45, 7) is 0.482. The monoisotopic (exact) mass is 538 g/mol. The summed E-state index contributed by atoms with van der Waals surface area (Å²) in [5.74, 6) is 0.700. The van der Waals surface area contributed by atoms with Gasteiger partial charge in [-0.05, 0) is 42.0 Å². The summed E-state index contributed by atoms with van der Waals surface area (Å²) < 4.78 is 12.0. The molecule has 0 aromatic heterocycles. The molecule has 0 aliphatic carbocycles. The van der Waals surface area contributed by atoms with Crippen LogP contribution in [0.15, 0.2) is 83.9 Å². The van der Waals surface area contributed by atoms with Crippen LogP contribution in [0.3, 0.4) is 0 Å². The van der Waals surface area contributed by atoms with Crippen LogP contribution in [-0.4, -0.2) is 42.7 Å². The third kappa shape index (κ3) is 6.16. The Morgan fingerprint density at radius 2 is 1.89 bits per heavy atom. The Morgan fingerprint density at radius 3 is 2.57 bits per heavy atom. The lowest BCUT2D eigenvalue weighted by atomic mass is 9.84. The fraction of sp³-hybridized carbons (Fsp3) is 0.241. The minimum atomic E-state index is -1.30. The van der Waals surface area contributed by atoms with Crippen LogP contribution in [-0.2, 0) is 9.53 Å². The van der Waals surface area contributed by atoms with Gasteiger partial charge in [0.2, 0.25) is 5.90 Å². The fourth-order valence-electron chi connectivity index (χ4n) is 4.16. The molecule has 3 aromatic carbocycles. The first-order valence-corrected chi connectivity index (χ1v) is 12.7. The van der Waals surface area contributed by atoms with Gasteiger partial charge in [-0.3, -0.25) is 4.79 Å². The Labute approximate surface area is 226 Å². The SMILES string of the molecule is CNC(=O)[C@]1(C/C=C/c2ccccc2)N=C(c2ccc(OCCCO)cc2)O[C@@H]1c1ccc(Cl)cc1Cl. The molecule has 0 bridgehead atoms. The molecule has 0 radical (unpaired) electrons. The third-order valence-corrected chi connectivity index (χ3v) is 6.60. The smallest absolute Gasteiger partial charge is 0.252 e. The number of ether oxygens (including phenoxy) is 2. The summed E-state index contributed by atoms with van der Waals surface area (Å²) in [5.41, 5.74) is 1.02. The topological polar surface area (TPSA) is 80.2 Å². The van der Waals surface area contributed by atoms with Gasteiger partial charge in [-0.25, -0.2) is 4.99 Å². The Hall–Kier alpha value is -3.32. The zero-order valence-corrected chi connectivity index (χ0v) is 21.9. The highest BCUT2D eigenvalue weighted by atomic mass is 35.5. The van der Waals surface area contributed by atoms with Crippen molar-refractivity contribution in [1.82, 2.24) is 5.32 Å². The van der Waals surface area contributed by atoms with Crippen LogP contribution in [0.4, 0.5) is 0 Å². The second kappa shape index (κ2) is 12.3. The number of nitrogens with one attached hydrogen (secondary N) is 1. The van der Waals surface area contributed by atoms with Gasteiger partial charge >= 0.3 is 0 Å². The Kier molecular flexibility index (Phi) is 8.87. The number of carbonyl (C=O) groups excluding carboxylic acids is 1. The van der Waals surface area contributed by atoms with E-state index in [4.69, 9.17) is 42.8 Å². The van der Waals surface area contributed by atoms with Crippen LogP contribution < -0.4 is 10.1 Å². The number of halogens is 2. The van der Waals surface area contributed by atoms with E-state index in [-0.39, 0.29) is 18.9 Å². The number of carbonyl (C=O) groups is 1. The van der Waals surface area contributed by atoms with E-state index in [0.717, 1.165) is 5.56 Å². The third-order valence-electron chi connectivity index (χ3n) is 6.04. The Bertz CT molecular complexity index is 1280. The van der Waals surface area contributed by atoms with E-state index in [2.05, 4.69) is 5.32 Å². The first-order valence-electron chi connectivity index (χ1n) is 12.0. The first-order chi connectivity index (χ1) is 18.0. The number of likely N-dealkylation sites (N-methyl/N-ethyl adjacent to an activating group) is 1. The van der Waals surface area contributed by atoms with Crippen LogP contribution in [0, 0.1) is 0 Å². The van der Waals surface area contributed by atoms with Crippen molar-refractivity contribution in [2.24, 2.45) is 4.99 Å². The summed E-state index contributed by atoms with van der Waals surface area (Å²) in [6, 6.07) is 22.2. The van der Waals surface area contributed by atoms with E-state index in [0.29, 0.717) is 45.8 Å². The fourth-order valence-corrected chi connectivity index (χ4v) is 4.67. The van der Waals surface area contributed by atoms with Crippen molar-refractivity contribution >= 4 is 41.1 Å². The standard InChI is InChI=1S/C29H28Cl2N2O4/c1-32-28(35)29(16-5-9-20-7-3-2-4-8-20)26(24-15-12-22(30)19-25(24)31)37-27(33-29)21-10-13-23(14-11-21)36-18-6-17-34/h2-5,7-15,19,26,34H,6,16-18H2,1H3,(H,32,35)/b9-5+/t26-,29-/m1/s1. The molecule has 2 atom stereocenters. The maximum Gasteiger partial charge on any atom is 0.252 e. The lowest BCUT2D eigenvalue weighted by Crippen LogP contribution is -2.46. The van der Waals surface area contributed by atoms with Gasteiger partial charge in [-0.15, -0.1) is 0 Å². The molecule has 0 fully saturated rings. The maximum absolute atomic E-state index is 13.5. The number of amides is 1. The summed E-state index contributed by atoms with van der Waals surface area (Å²) in [5, 5.41) is 12.6. The summed E-state index contributed by atoms with van der Waals surface area (Å²) in [4.78, 5) is 18.4. The van der Waals surface area contributed by atoms with E-state index < -0.39 is 11.6 Å². The van der Waals surface area contributed by atoms with Crippen LogP contribution in [0.1, 0.15) is 35.6 Å². The van der Waals surface area contributed by atoms with Gasteiger partial charge in [-0.2, -0.15) is 0 Å². The van der Waals surface area contributed by atoms with Gasteiger partial charge < -0.3 is 19.9 Å². The van der Waals surface area contributed by atoms with E-state index in [1.807, 2.05) is 54.6 Å². The molecule has 192 valence electrons. The molecule has 1 heterocycles. The highest BCUT2D eigenvalue weighted by Crippen LogP contribution is 2.45. The zero-order valence-electron chi connectivity index (χ0n) is 20.4. The van der Waals surface area contributed by atoms with Gasteiger partial charge in [0.25, 0.3) is 5.91 Å². The number of aliphatic imine (C=N–C) groups is 1. The highest BCUT2D eigenvalue weighted by Gasteiger charge is 2.52. The number of nitrogens with zero attached hydrogens (tertiary/aromatic N) is 1. The van der Waals surface area contributed by atoms with Crippen molar-refractivity contribution in [2.75, 3.05) is 20.3 Å². The Balaban J connectivity index is 1.73. The number of hydrogen-bond acceptors (Lipinski definition) is 5. The first kappa shape index (κ1) is 26.7. The predicted octanol–water partition coefficient (Wildman–Crippen LogP) is 5.86. The average molecular weight is 539 g/mol. The second-order valence-electron chi connectivity index (χ2n) is 8.55. The van der Waals surface area contributed by atoms with Crippen molar-refractivity contribution in [3.05, 3.63) is 106 Å². The molecule has 0 unspecified atom stereocenters. The highest BCUT2D eigenvalue weighted by molar-refractivity contribution is 6.35. The number of aliphatic hydroxyl groups excluding tert-OH is 1. The van der Waals surface area contributed by atoms with Crippen LogP contribution >= 0.6 is 23.2 Å². The molecule has 8 heteroatoms. The minimum Gasteiger partial charge on any atom is -0.494 e. The van der Waals surface area contributed by atoms with Gasteiger partial charge in [0.15, 0.2) is 11.6 Å². The minimum absolute atomic E-state index is 0.0671. The molecule has 37 heavy (non-hydrogen) atoms. The number of benzene rings is 3. The molecule has 1 aliphatic heterocycles. The average Bonchev–Trinajstić information content (AvgIpc) is 3.29. The van der Waals surface area contributed by atoms with Crippen molar-refractivity contribution < 1.29 is 19.4 Å². The van der Waals surface area contributed by atoms with E-state index in [1.165, 1.54) is 0 Å². The molecule has 6 nitrogen and oxygen atoms in total. The van der Waals surface area contributed by atoms with E-state index in [9.17, 15) is 4.79 Å². The van der Waals surface area contributed by atoms with Crippen LogP contribution in [0.5, 0.6) is 5.75 Å². The molecule has 0 saturated carbocycles. The molecule has 1 amide bonds. The molecule has 3 aromatic rings. The van der Waals surface area contributed by atoms with Crippen molar-refractivity contribution in [2.45, 2.75) is 24.5 Å². The number of aliphatic hydroxyl groups is 1. The van der Waals surface area contributed by atoms with Crippen LogP contribution in [0.25, 0.3) is 6.08 Å². The van der Waals surface area contributed by atoms with Gasteiger partial charge in [0, 0.05) is 47.7 Å². The summed E-state index contributed by atoms with van der Waals surface area (Å²) in [7, 11) is 1.58. The lowest BCUT2D eigenvalue weighted by Gasteiger charge is -2.29. The summed E-state index contributed by atoms with van der Waals surface area (Å²) >= 11 is 12.7. The second-order valence-corrected chi connectivity index (χ2v) is 9.39. The number of rotatable bonds is 10. The zero-order chi connectivity index (χ0) is 26.3. The van der Waals surface area contributed by atoms with Crippen molar-refractivity contribution in [3.63, 3.8) is 0 Å². The Morgan fingerprint density at radius 1 is 1.14 bits per heavy atom. The van der Waals surface area contributed by atoms with Gasteiger partial charge in [0.05, 0.1) is 6.61 Å². The molecular weight excluding hydrogens is 511 g/mol. The number of hydrogen-bond donors (Lipinski definition) is 2. The summed E-state index contributed by atoms with van der Waals surface area (Å²) in [6.07, 6.45) is 3.92. The van der Waals surface area contributed by atoms with Crippen LogP contribution in [0.2, 0.25) is 10.0 Å². The van der Waals surface area contributed by atoms with Gasteiger partial charge in [0.1, 0.15) is 5.75 Å². The quantitative estimate of drug-likeness (QED) is 0.317. The predicted molar refractivity (Wildman–Crippen MR) is 147 cm³/mol. The van der Waals surface area contributed by atoms with Gasteiger partial charge in [-0.1, -0.05) is 71.8 Å². The maximum atomic E-state index is 13.5. The van der Waals surface area contributed by atoms with Crippen molar-refractivity contribution in [1.29, 1.82) is 0 Å². The molecule has 2 N–H and O–H groups in total. The molecular formula is C29H28Cl2N2O4.